The van der Waals surface area contributed by atoms with Gasteiger partial charge in [0.25, 0.3) is 11.1 Å². The number of hydrogen-bond donors (Lipinski definition) is 0. The fourth-order valence-corrected chi connectivity index (χ4v) is 5.85. The van der Waals surface area contributed by atoms with Gasteiger partial charge in [-0.1, -0.05) is 29.8 Å². The molecule has 0 fully saturated rings. The molecule has 4 aromatic rings. The molecule has 6 nitrogen and oxygen atoms in total. The predicted molar refractivity (Wildman–Crippen MR) is 136 cm³/mol. The Labute approximate surface area is 200 Å². The van der Waals surface area contributed by atoms with Crippen molar-refractivity contribution in [2.75, 3.05) is 0 Å². The van der Waals surface area contributed by atoms with Crippen molar-refractivity contribution in [1.82, 2.24) is 13.1 Å². The lowest BCUT2D eigenvalue weighted by atomic mass is 10.0. The van der Waals surface area contributed by atoms with E-state index in [4.69, 9.17) is 16.3 Å². The molecule has 9 heteroatoms. The summed E-state index contributed by atoms with van der Waals surface area (Å²) in [5.41, 5.74) is 3.38. The van der Waals surface area contributed by atoms with Crippen LogP contribution in [0.4, 0.5) is 0 Å². The number of benzene rings is 1. The molecule has 0 aliphatic rings. The average Bonchev–Trinajstić information content (AvgIpc) is 3.06. The summed E-state index contributed by atoms with van der Waals surface area (Å²) < 4.78 is 11.0. The molecule has 0 saturated heterocycles. The molecule has 0 saturated carbocycles. The lowest BCUT2D eigenvalue weighted by Crippen LogP contribution is -2.19. The van der Waals surface area contributed by atoms with E-state index in [1.54, 1.807) is 36.5 Å². The van der Waals surface area contributed by atoms with Gasteiger partial charge >= 0.3 is 0 Å². The molecule has 0 N–H and O–H groups in total. The van der Waals surface area contributed by atoms with E-state index in [0.717, 1.165) is 16.9 Å². The van der Waals surface area contributed by atoms with E-state index in [0.29, 0.717) is 32.9 Å². The first-order chi connectivity index (χ1) is 14.7. The summed E-state index contributed by atoms with van der Waals surface area (Å²) in [6.07, 6.45) is 3.39. The Morgan fingerprint density at radius 1 is 1.00 bits per heavy atom. The van der Waals surface area contributed by atoms with Crippen molar-refractivity contribution in [3.8, 4) is 22.6 Å². The monoisotopic (exact) mass is 567 g/mol. The molecule has 0 bridgehead atoms. The van der Waals surface area contributed by atoms with Crippen LogP contribution in [-0.4, -0.2) is 13.1 Å². The number of rotatable bonds is 4. The number of ether oxygens (including phenoxy) is 1. The van der Waals surface area contributed by atoms with Gasteiger partial charge in [0.05, 0.1) is 6.20 Å². The number of halogens is 2. The second-order valence-electron chi connectivity index (χ2n) is 7.38. The minimum atomic E-state index is -0.181. The Balaban J connectivity index is 2.05. The normalized spacial score (nSPS) is 11.3. The molecule has 0 unspecified atom stereocenters. The standard InChI is InChI=1S/C22H19ClIN3O3S/c1-12-6-5-7-13(2)21(12)30-17-11-25(3)19(28)9-14(17)16-10-26(4)22(29)20-15(16)8-18(23)27(20)31-24/h5-11H,1-4H3. The third-order valence-electron chi connectivity index (χ3n) is 5.22. The van der Waals surface area contributed by atoms with Crippen molar-refractivity contribution in [1.29, 1.82) is 0 Å². The molecule has 160 valence electrons. The summed E-state index contributed by atoms with van der Waals surface area (Å²) in [4.78, 5) is 25.4. The predicted octanol–water partition coefficient (Wildman–Crippen LogP) is 5.61. The largest absolute Gasteiger partial charge is 0.455 e. The second-order valence-corrected chi connectivity index (χ2v) is 9.45. The summed E-state index contributed by atoms with van der Waals surface area (Å²) in [5.74, 6) is 1.26. The van der Waals surface area contributed by atoms with Crippen LogP contribution in [0.2, 0.25) is 5.15 Å². The molecule has 31 heavy (non-hydrogen) atoms. The van der Waals surface area contributed by atoms with E-state index in [9.17, 15) is 9.59 Å². The molecule has 4 rings (SSSR count). The van der Waals surface area contributed by atoms with Gasteiger partial charge in [0.15, 0.2) is 5.75 Å². The van der Waals surface area contributed by atoms with Gasteiger partial charge in [0.2, 0.25) is 0 Å². The molecular weight excluding hydrogens is 549 g/mol. The highest BCUT2D eigenvalue weighted by molar-refractivity contribution is 14.2. The Morgan fingerprint density at radius 2 is 1.68 bits per heavy atom. The zero-order valence-electron chi connectivity index (χ0n) is 17.3. The summed E-state index contributed by atoms with van der Waals surface area (Å²) in [6, 6.07) is 9.21. The van der Waals surface area contributed by atoms with Crippen molar-refractivity contribution in [3.05, 3.63) is 79.7 Å². The Bertz CT molecular complexity index is 1440. The van der Waals surface area contributed by atoms with E-state index in [1.807, 2.05) is 32.0 Å². The van der Waals surface area contributed by atoms with Crippen LogP contribution in [0, 0.1) is 13.8 Å². The maximum Gasteiger partial charge on any atom is 0.275 e. The smallest absolute Gasteiger partial charge is 0.275 e. The van der Waals surface area contributed by atoms with E-state index < -0.39 is 0 Å². The van der Waals surface area contributed by atoms with Crippen molar-refractivity contribution in [2.24, 2.45) is 14.1 Å². The molecule has 3 heterocycles. The zero-order valence-corrected chi connectivity index (χ0v) is 21.0. The van der Waals surface area contributed by atoms with Crippen LogP contribution in [0.15, 0.2) is 52.3 Å². The lowest BCUT2D eigenvalue weighted by molar-refractivity contribution is 0.470. The first-order valence-corrected chi connectivity index (χ1v) is 13.1. The SMILES string of the molecule is Cc1cccc(C)c1Oc1cn(C)c(=O)cc1-c1cn(C)c(=O)c2c1cc(Cl)n2SI. The third kappa shape index (κ3) is 3.81. The number of aromatic nitrogens is 3. The Hall–Kier alpha value is -2.17. The third-order valence-corrected chi connectivity index (χ3v) is 7.30. The Kier molecular flexibility index (Phi) is 5.97. The summed E-state index contributed by atoms with van der Waals surface area (Å²) in [6.45, 7) is 3.96. The topological polar surface area (TPSA) is 58.2 Å². The molecule has 0 atom stereocenters. The van der Waals surface area contributed by atoms with Crippen LogP contribution in [0.1, 0.15) is 11.1 Å². The van der Waals surface area contributed by atoms with Gasteiger partial charge in [-0.15, -0.1) is 0 Å². The number of fused-ring (bicyclic) bond motifs is 1. The summed E-state index contributed by atoms with van der Waals surface area (Å²) in [7, 11) is 4.68. The van der Waals surface area contributed by atoms with E-state index in [2.05, 4.69) is 21.2 Å². The summed E-state index contributed by atoms with van der Waals surface area (Å²) >= 11 is 8.50. The molecule has 1 aromatic carbocycles. The minimum absolute atomic E-state index is 0.170. The highest BCUT2D eigenvalue weighted by Gasteiger charge is 2.20. The van der Waals surface area contributed by atoms with Crippen LogP contribution in [-0.2, 0) is 14.1 Å². The maximum absolute atomic E-state index is 12.9. The average molecular weight is 568 g/mol. The number of hydrogen-bond acceptors (Lipinski definition) is 4. The molecule has 0 aliphatic carbocycles. The molecule has 0 aliphatic heterocycles. The molecule has 0 radical (unpaired) electrons. The minimum Gasteiger partial charge on any atom is -0.455 e. The fourth-order valence-electron chi connectivity index (χ4n) is 3.61. The van der Waals surface area contributed by atoms with Crippen molar-refractivity contribution in [2.45, 2.75) is 13.8 Å². The highest BCUT2D eigenvalue weighted by atomic mass is 127. The number of aryl methyl sites for hydroxylation is 4. The van der Waals surface area contributed by atoms with Gasteiger partial charge in [-0.3, -0.25) is 13.6 Å². The van der Waals surface area contributed by atoms with Crippen LogP contribution >= 0.6 is 41.9 Å². The van der Waals surface area contributed by atoms with Gasteiger partial charge in [-0.05, 0) is 31.0 Å². The zero-order chi connectivity index (χ0) is 22.4. The molecule has 3 aromatic heterocycles. The first kappa shape index (κ1) is 22.0. The highest BCUT2D eigenvalue weighted by Crippen LogP contribution is 2.40. The van der Waals surface area contributed by atoms with Crippen LogP contribution in [0.5, 0.6) is 11.5 Å². The second kappa shape index (κ2) is 8.40. The lowest BCUT2D eigenvalue weighted by Gasteiger charge is -2.17. The first-order valence-electron chi connectivity index (χ1n) is 9.37. The number of para-hydroxylation sites is 1. The molecule has 0 amide bonds. The van der Waals surface area contributed by atoms with Crippen LogP contribution in [0.3, 0.4) is 0 Å². The maximum atomic E-state index is 12.9. The van der Waals surface area contributed by atoms with Crippen molar-refractivity contribution < 1.29 is 4.74 Å². The fraction of sp³-hybridized carbons (Fsp3) is 0.182. The molecular formula is C22H19ClIN3O3S. The van der Waals surface area contributed by atoms with E-state index in [-0.39, 0.29) is 11.1 Å². The van der Waals surface area contributed by atoms with Gasteiger partial charge in [-0.25, -0.2) is 0 Å². The molecule has 0 spiro atoms. The van der Waals surface area contributed by atoms with E-state index in [1.165, 1.54) is 24.3 Å². The van der Waals surface area contributed by atoms with Crippen molar-refractivity contribution >= 4 is 52.8 Å². The van der Waals surface area contributed by atoms with Crippen molar-refractivity contribution in [3.63, 3.8) is 0 Å². The van der Waals surface area contributed by atoms with Gasteiger partial charge < -0.3 is 13.9 Å². The van der Waals surface area contributed by atoms with Gasteiger partial charge in [0.1, 0.15) is 16.4 Å². The number of nitrogens with zero attached hydrogens (tertiary/aromatic N) is 3. The van der Waals surface area contributed by atoms with Gasteiger partial charge in [-0.2, -0.15) is 0 Å². The Morgan fingerprint density at radius 3 is 2.32 bits per heavy atom. The van der Waals surface area contributed by atoms with E-state index >= 15 is 0 Å². The van der Waals surface area contributed by atoms with Crippen LogP contribution < -0.4 is 15.9 Å². The quantitative estimate of drug-likeness (QED) is 0.301. The summed E-state index contributed by atoms with van der Waals surface area (Å²) in [5, 5.41) is 1.09. The number of pyridine rings is 2. The van der Waals surface area contributed by atoms with Crippen LogP contribution in [0.25, 0.3) is 22.0 Å². The van der Waals surface area contributed by atoms with Gasteiger partial charge in [0, 0.05) is 73.2 Å².